The SMILES string of the molecule is CN=C(NCCc1cccc(F)c1F)NCC1CCCN(C)C1c1cccs1. The Morgan fingerprint density at radius 2 is 2.11 bits per heavy atom. The van der Waals surface area contributed by atoms with E-state index >= 15 is 0 Å². The topological polar surface area (TPSA) is 39.7 Å². The van der Waals surface area contributed by atoms with E-state index < -0.39 is 11.6 Å². The number of piperidine rings is 1. The molecule has 2 atom stereocenters. The molecular formula is C21H28F2N4S. The van der Waals surface area contributed by atoms with Gasteiger partial charge in [-0.15, -0.1) is 11.3 Å². The molecule has 7 heteroatoms. The van der Waals surface area contributed by atoms with E-state index in [0.717, 1.165) is 19.2 Å². The van der Waals surface area contributed by atoms with Gasteiger partial charge in [0.05, 0.1) is 0 Å². The van der Waals surface area contributed by atoms with Gasteiger partial charge in [0.15, 0.2) is 17.6 Å². The molecule has 2 unspecified atom stereocenters. The van der Waals surface area contributed by atoms with Gasteiger partial charge in [-0.2, -0.15) is 0 Å². The van der Waals surface area contributed by atoms with E-state index in [1.165, 1.54) is 23.8 Å². The molecule has 1 saturated heterocycles. The minimum absolute atomic E-state index is 0.370. The number of thiophene rings is 1. The number of likely N-dealkylation sites (tertiary alicyclic amines) is 1. The van der Waals surface area contributed by atoms with Gasteiger partial charge in [0, 0.05) is 31.1 Å². The Kier molecular flexibility index (Phi) is 7.39. The first-order chi connectivity index (χ1) is 13.6. The van der Waals surface area contributed by atoms with E-state index in [1.54, 1.807) is 13.1 Å². The zero-order valence-electron chi connectivity index (χ0n) is 16.4. The summed E-state index contributed by atoms with van der Waals surface area (Å²) in [5.74, 6) is -0.385. The molecule has 2 aromatic rings. The molecule has 0 spiro atoms. The summed E-state index contributed by atoms with van der Waals surface area (Å²) in [5, 5.41) is 8.75. The average molecular weight is 407 g/mol. The smallest absolute Gasteiger partial charge is 0.190 e. The number of hydrogen-bond donors (Lipinski definition) is 2. The minimum atomic E-state index is -0.805. The van der Waals surface area contributed by atoms with Gasteiger partial charge in [0.25, 0.3) is 0 Å². The van der Waals surface area contributed by atoms with Crippen LogP contribution in [0.1, 0.15) is 29.3 Å². The fraction of sp³-hybridized carbons (Fsp3) is 0.476. The van der Waals surface area contributed by atoms with Crippen LogP contribution in [0.2, 0.25) is 0 Å². The van der Waals surface area contributed by atoms with Crippen LogP contribution in [0.3, 0.4) is 0 Å². The third kappa shape index (κ3) is 5.08. The van der Waals surface area contributed by atoms with E-state index in [9.17, 15) is 8.78 Å². The van der Waals surface area contributed by atoms with Crippen molar-refractivity contribution < 1.29 is 8.78 Å². The third-order valence-corrected chi connectivity index (χ3v) is 6.26. The molecular weight excluding hydrogens is 378 g/mol. The molecule has 1 fully saturated rings. The van der Waals surface area contributed by atoms with Crippen LogP contribution in [0, 0.1) is 17.6 Å². The molecule has 28 heavy (non-hydrogen) atoms. The number of halogens is 2. The Hall–Kier alpha value is -1.99. The summed E-state index contributed by atoms with van der Waals surface area (Å²) in [5.41, 5.74) is 0.370. The van der Waals surface area contributed by atoms with Crippen LogP contribution in [-0.2, 0) is 6.42 Å². The summed E-state index contributed by atoms with van der Waals surface area (Å²) in [7, 11) is 3.92. The van der Waals surface area contributed by atoms with Gasteiger partial charge in [0.1, 0.15) is 0 Å². The Morgan fingerprint density at radius 1 is 1.25 bits per heavy atom. The number of aliphatic imine (C=N–C) groups is 1. The standard InChI is InChI=1S/C21H28F2N4S/c1-24-21(25-11-10-15-6-3-8-17(22)19(15)23)26-14-16-7-4-12-27(2)20(16)18-9-5-13-28-18/h3,5-6,8-9,13,16,20H,4,7,10-12,14H2,1-2H3,(H2,24,25,26). The fourth-order valence-corrected chi connectivity index (χ4v) is 4.87. The molecule has 1 aliphatic heterocycles. The van der Waals surface area contributed by atoms with Crippen molar-refractivity contribution in [1.29, 1.82) is 0 Å². The highest BCUT2D eigenvalue weighted by Gasteiger charge is 2.31. The molecule has 0 saturated carbocycles. The van der Waals surface area contributed by atoms with E-state index in [-0.39, 0.29) is 0 Å². The van der Waals surface area contributed by atoms with Crippen LogP contribution in [0.5, 0.6) is 0 Å². The van der Waals surface area contributed by atoms with Gasteiger partial charge >= 0.3 is 0 Å². The van der Waals surface area contributed by atoms with Crippen molar-refractivity contribution in [2.75, 3.05) is 33.7 Å². The van der Waals surface area contributed by atoms with Crippen molar-refractivity contribution in [2.24, 2.45) is 10.9 Å². The molecule has 1 aliphatic rings. The molecule has 0 bridgehead atoms. The lowest BCUT2D eigenvalue weighted by molar-refractivity contribution is 0.125. The molecule has 1 aromatic carbocycles. The predicted octanol–water partition coefficient (Wildman–Crippen LogP) is 3.82. The Bertz CT molecular complexity index is 779. The fourth-order valence-electron chi connectivity index (χ4n) is 3.89. The summed E-state index contributed by atoms with van der Waals surface area (Å²) in [6.07, 6.45) is 2.76. The molecule has 3 rings (SSSR count). The zero-order chi connectivity index (χ0) is 19.9. The van der Waals surface area contributed by atoms with Crippen LogP contribution in [0.15, 0.2) is 40.7 Å². The number of benzene rings is 1. The number of guanidine groups is 1. The number of nitrogens with one attached hydrogen (secondary N) is 2. The maximum absolute atomic E-state index is 13.8. The first kappa shape index (κ1) is 20.7. The van der Waals surface area contributed by atoms with Gasteiger partial charge < -0.3 is 10.6 Å². The van der Waals surface area contributed by atoms with Gasteiger partial charge in [-0.25, -0.2) is 8.78 Å². The normalized spacial score (nSPS) is 20.9. The summed E-state index contributed by atoms with van der Waals surface area (Å²) in [6.45, 7) is 2.42. The first-order valence-electron chi connectivity index (χ1n) is 9.71. The summed E-state index contributed by atoms with van der Waals surface area (Å²) in [6, 6.07) is 9.02. The highest BCUT2D eigenvalue weighted by molar-refractivity contribution is 7.10. The summed E-state index contributed by atoms with van der Waals surface area (Å²) in [4.78, 5) is 8.10. The number of nitrogens with zero attached hydrogens (tertiary/aromatic N) is 2. The van der Waals surface area contributed by atoms with Crippen molar-refractivity contribution >= 4 is 17.3 Å². The number of hydrogen-bond acceptors (Lipinski definition) is 3. The third-order valence-electron chi connectivity index (χ3n) is 5.32. The van der Waals surface area contributed by atoms with Crippen LogP contribution in [0.25, 0.3) is 0 Å². The lowest BCUT2D eigenvalue weighted by Gasteiger charge is -2.39. The Morgan fingerprint density at radius 3 is 2.86 bits per heavy atom. The summed E-state index contributed by atoms with van der Waals surface area (Å²) < 4.78 is 27.1. The minimum Gasteiger partial charge on any atom is -0.356 e. The van der Waals surface area contributed by atoms with Gasteiger partial charge in [-0.1, -0.05) is 18.2 Å². The number of rotatable bonds is 6. The van der Waals surface area contributed by atoms with E-state index in [1.807, 2.05) is 11.3 Å². The highest BCUT2D eigenvalue weighted by atomic mass is 32.1. The van der Waals surface area contributed by atoms with Gasteiger partial charge in [-0.05, 0) is 61.8 Å². The van der Waals surface area contributed by atoms with Crippen molar-refractivity contribution in [3.63, 3.8) is 0 Å². The van der Waals surface area contributed by atoms with E-state index in [4.69, 9.17) is 0 Å². The molecule has 2 heterocycles. The van der Waals surface area contributed by atoms with Crippen molar-refractivity contribution in [2.45, 2.75) is 25.3 Å². The summed E-state index contributed by atoms with van der Waals surface area (Å²) >= 11 is 1.81. The van der Waals surface area contributed by atoms with Gasteiger partial charge in [-0.3, -0.25) is 9.89 Å². The van der Waals surface area contributed by atoms with Crippen LogP contribution >= 0.6 is 11.3 Å². The molecule has 2 N–H and O–H groups in total. The predicted molar refractivity (Wildman–Crippen MR) is 112 cm³/mol. The average Bonchev–Trinajstić information content (AvgIpc) is 3.22. The van der Waals surface area contributed by atoms with E-state index in [0.29, 0.717) is 36.4 Å². The molecule has 1 aromatic heterocycles. The van der Waals surface area contributed by atoms with Crippen LogP contribution in [-0.4, -0.2) is 44.6 Å². The Balaban J connectivity index is 1.52. The Labute approximate surface area is 169 Å². The maximum Gasteiger partial charge on any atom is 0.190 e. The zero-order valence-corrected chi connectivity index (χ0v) is 17.2. The first-order valence-corrected chi connectivity index (χ1v) is 10.6. The largest absolute Gasteiger partial charge is 0.356 e. The maximum atomic E-state index is 13.8. The van der Waals surface area contributed by atoms with Crippen molar-refractivity contribution in [3.05, 3.63) is 57.8 Å². The van der Waals surface area contributed by atoms with Crippen molar-refractivity contribution in [3.8, 4) is 0 Å². The van der Waals surface area contributed by atoms with E-state index in [2.05, 4.69) is 45.1 Å². The van der Waals surface area contributed by atoms with Crippen molar-refractivity contribution in [1.82, 2.24) is 15.5 Å². The van der Waals surface area contributed by atoms with Crippen LogP contribution < -0.4 is 10.6 Å². The van der Waals surface area contributed by atoms with Gasteiger partial charge in [0.2, 0.25) is 0 Å². The second kappa shape index (κ2) is 9.98. The monoisotopic (exact) mass is 406 g/mol. The molecule has 0 amide bonds. The van der Waals surface area contributed by atoms with Crippen LogP contribution in [0.4, 0.5) is 8.78 Å². The molecule has 4 nitrogen and oxygen atoms in total. The lowest BCUT2D eigenvalue weighted by atomic mass is 9.88. The molecule has 0 aliphatic carbocycles. The second-order valence-electron chi connectivity index (χ2n) is 7.19. The lowest BCUT2D eigenvalue weighted by Crippen LogP contribution is -2.45. The molecule has 152 valence electrons. The second-order valence-corrected chi connectivity index (χ2v) is 8.17. The highest BCUT2D eigenvalue weighted by Crippen LogP contribution is 2.36. The molecule has 0 radical (unpaired) electrons. The quantitative estimate of drug-likeness (QED) is 0.566.